The maximum Gasteiger partial charge on any atom is 0.127 e. The number of rotatable bonds is 7. The zero-order valence-electron chi connectivity index (χ0n) is 12.7. The highest BCUT2D eigenvalue weighted by atomic mass is 19.1. The molecule has 21 heavy (non-hydrogen) atoms. The summed E-state index contributed by atoms with van der Waals surface area (Å²) in [5.41, 5.74) is 1.80. The van der Waals surface area contributed by atoms with Gasteiger partial charge in [0, 0.05) is 43.0 Å². The minimum atomic E-state index is -0.142. The Morgan fingerprint density at radius 1 is 1.05 bits per heavy atom. The van der Waals surface area contributed by atoms with Crippen LogP contribution in [0, 0.1) is 5.82 Å². The lowest BCUT2D eigenvalue weighted by atomic mass is 10.2. The Labute approximate surface area is 125 Å². The van der Waals surface area contributed by atoms with E-state index >= 15 is 0 Å². The molecule has 0 N–H and O–H groups in total. The lowest BCUT2D eigenvalue weighted by molar-refractivity contribution is 0.253. The number of hydrogen-bond donors (Lipinski definition) is 0. The van der Waals surface area contributed by atoms with E-state index in [0.29, 0.717) is 6.54 Å². The summed E-state index contributed by atoms with van der Waals surface area (Å²) in [4.78, 5) is 10.9. The highest BCUT2D eigenvalue weighted by molar-refractivity contribution is 5.17. The molecule has 112 valence electrons. The molecule has 0 spiro atoms. The first-order chi connectivity index (χ1) is 10.2. The molecule has 0 unspecified atom stereocenters. The van der Waals surface area contributed by atoms with Crippen molar-refractivity contribution in [2.24, 2.45) is 0 Å². The van der Waals surface area contributed by atoms with Crippen molar-refractivity contribution < 1.29 is 4.39 Å². The molecule has 0 aliphatic carbocycles. The van der Waals surface area contributed by atoms with Gasteiger partial charge in [0.1, 0.15) is 11.6 Å². The topological polar surface area (TPSA) is 29.0 Å². The van der Waals surface area contributed by atoms with E-state index in [1.54, 1.807) is 6.07 Å². The maximum atomic E-state index is 13.8. The Morgan fingerprint density at radius 3 is 2.38 bits per heavy atom. The molecular weight excluding hydrogens is 265 g/mol. The molecule has 0 saturated heterocycles. The minimum Gasteiger partial charge on any atom is -0.295 e. The van der Waals surface area contributed by atoms with Crippen LogP contribution in [0.1, 0.15) is 37.2 Å². The highest BCUT2D eigenvalue weighted by Crippen LogP contribution is 2.13. The quantitative estimate of drug-likeness (QED) is 0.779. The predicted molar refractivity (Wildman–Crippen MR) is 82.2 cm³/mol. The number of aromatic nitrogens is 2. The molecule has 1 aromatic carbocycles. The summed E-state index contributed by atoms with van der Waals surface area (Å²) in [6, 6.07) is 6.95. The van der Waals surface area contributed by atoms with Crippen molar-refractivity contribution in [3.05, 3.63) is 59.4 Å². The van der Waals surface area contributed by atoms with Gasteiger partial charge in [-0.05, 0) is 19.0 Å². The van der Waals surface area contributed by atoms with Crippen LogP contribution >= 0.6 is 0 Å². The number of aryl methyl sites for hydroxylation is 1. The molecule has 1 aromatic heterocycles. The van der Waals surface area contributed by atoms with E-state index in [9.17, 15) is 4.39 Å². The molecule has 1 heterocycles. The highest BCUT2D eigenvalue weighted by Gasteiger charge is 2.09. The largest absolute Gasteiger partial charge is 0.295 e. The number of nitrogens with zero attached hydrogens (tertiary/aromatic N) is 3. The zero-order valence-corrected chi connectivity index (χ0v) is 12.7. The second-order valence-corrected chi connectivity index (χ2v) is 5.16. The van der Waals surface area contributed by atoms with Crippen LogP contribution in [0.3, 0.4) is 0 Å². The first-order valence-electron chi connectivity index (χ1n) is 7.48. The Morgan fingerprint density at radius 2 is 1.76 bits per heavy atom. The molecule has 0 amide bonds. The predicted octanol–water partition coefficient (Wildman–Crippen LogP) is 3.59. The average molecular weight is 287 g/mol. The Bertz CT molecular complexity index is 554. The summed E-state index contributed by atoms with van der Waals surface area (Å²) in [5, 5.41) is 0. The van der Waals surface area contributed by atoms with E-state index in [1.807, 2.05) is 31.5 Å². The Balaban J connectivity index is 2.06. The van der Waals surface area contributed by atoms with E-state index < -0.39 is 0 Å². The van der Waals surface area contributed by atoms with Crippen molar-refractivity contribution in [3.8, 4) is 0 Å². The lowest BCUT2D eigenvalue weighted by Gasteiger charge is -2.22. The van der Waals surface area contributed by atoms with Crippen molar-refractivity contribution >= 4 is 0 Å². The standard InChI is InChI=1S/C17H22FN3/c1-3-9-21(13-15-7-5-6-8-16(15)18)12-14-10-19-17(4-2)20-11-14/h5-8,10-11H,3-4,9,12-13H2,1-2H3. The molecular formula is C17H22FN3. The van der Waals surface area contributed by atoms with Crippen LogP contribution in [-0.2, 0) is 19.5 Å². The van der Waals surface area contributed by atoms with Crippen LogP contribution in [0.2, 0.25) is 0 Å². The third-order valence-electron chi connectivity index (χ3n) is 3.37. The van der Waals surface area contributed by atoms with Crippen LogP contribution in [0.4, 0.5) is 4.39 Å². The molecule has 0 fully saturated rings. The van der Waals surface area contributed by atoms with Gasteiger partial charge in [0.25, 0.3) is 0 Å². The number of benzene rings is 1. The van der Waals surface area contributed by atoms with Gasteiger partial charge in [-0.15, -0.1) is 0 Å². The third kappa shape index (κ3) is 4.60. The second kappa shape index (κ2) is 7.84. The average Bonchev–Trinajstić information content (AvgIpc) is 2.50. The van der Waals surface area contributed by atoms with E-state index in [-0.39, 0.29) is 5.82 Å². The van der Waals surface area contributed by atoms with Crippen LogP contribution in [0.25, 0.3) is 0 Å². The monoisotopic (exact) mass is 287 g/mol. The molecule has 0 aliphatic rings. The lowest BCUT2D eigenvalue weighted by Crippen LogP contribution is -2.24. The number of halogens is 1. The van der Waals surface area contributed by atoms with Crippen molar-refractivity contribution in [2.45, 2.75) is 39.8 Å². The Hall–Kier alpha value is -1.81. The second-order valence-electron chi connectivity index (χ2n) is 5.16. The molecule has 2 aromatic rings. The van der Waals surface area contributed by atoms with Gasteiger partial charge in [-0.1, -0.05) is 32.0 Å². The smallest absolute Gasteiger partial charge is 0.127 e. The summed E-state index contributed by atoms with van der Waals surface area (Å²) in [6.45, 7) is 6.44. The summed E-state index contributed by atoms with van der Waals surface area (Å²) in [6.07, 6.45) is 5.61. The molecule has 0 aliphatic heterocycles. The molecule has 0 saturated carbocycles. The fraction of sp³-hybridized carbons (Fsp3) is 0.412. The molecule has 3 nitrogen and oxygen atoms in total. The zero-order chi connectivity index (χ0) is 15.1. The van der Waals surface area contributed by atoms with E-state index in [4.69, 9.17) is 0 Å². The van der Waals surface area contributed by atoms with Gasteiger partial charge in [0.15, 0.2) is 0 Å². The van der Waals surface area contributed by atoms with E-state index in [0.717, 1.165) is 42.9 Å². The fourth-order valence-corrected chi connectivity index (χ4v) is 2.30. The Kier molecular flexibility index (Phi) is 5.81. The van der Waals surface area contributed by atoms with Crippen LogP contribution < -0.4 is 0 Å². The molecule has 4 heteroatoms. The van der Waals surface area contributed by atoms with E-state index in [1.165, 1.54) is 6.07 Å². The van der Waals surface area contributed by atoms with Crippen molar-refractivity contribution in [1.82, 2.24) is 14.9 Å². The van der Waals surface area contributed by atoms with Gasteiger partial charge in [0.05, 0.1) is 0 Å². The third-order valence-corrected chi connectivity index (χ3v) is 3.37. The normalized spacial score (nSPS) is 11.0. The van der Waals surface area contributed by atoms with Crippen LogP contribution in [0.5, 0.6) is 0 Å². The van der Waals surface area contributed by atoms with Gasteiger partial charge in [-0.3, -0.25) is 4.90 Å². The fourth-order valence-electron chi connectivity index (χ4n) is 2.30. The van der Waals surface area contributed by atoms with Gasteiger partial charge < -0.3 is 0 Å². The molecule has 2 rings (SSSR count). The van der Waals surface area contributed by atoms with Crippen LogP contribution in [0.15, 0.2) is 36.7 Å². The first-order valence-corrected chi connectivity index (χ1v) is 7.48. The van der Waals surface area contributed by atoms with Gasteiger partial charge >= 0.3 is 0 Å². The van der Waals surface area contributed by atoms with E-state index in [2.05, 4.69) is 21.8 Å². The first kappa shape index (κ1) is 15.6. The molecule has 0 bridgehead atoms. The summed E-state index contributed by atoms with van der Waals surface area (Å²) >= 11 is 0. The summed E-state index contributed by atoms with van der Waals surface area (Å²) in [7, 11) is 0. The minimum absolute atomic E-state index is 0.142. The van der Waals surface area contributed by atoms with Crippen molar-refractivity contribution in [3.63, 3.8) is 0 Å². The van der Waals surface area contributed by atoms with Crippen molar-refractivity contribution in [2.75, 3.05) is 6.54 Å². The van der Waals surface area contributed by atoms with Crippen LogP contribution in [-0.4, -0.2) is 21.4 Å². The molecule has 0 radical (unpaired) electrons. The number of hydrogen-bond acceptors (Lipinski definition) is 3. The summed E-state index contributed by atoms with van der Waals surface area (Å²) in [5.74, 6) is 0.714. The maximum absolute atomic E-state index is 13.8. The van der Waals surface area contributed by atoms with Gasteiger partial charge in [-0.2, -0.15) is 0 Å². The van der Waals surface area contributed by atoms with Gasteiger partial charge in [0.2, 0.25) is 0 Å². The SMILES string of the molecule is CCCN(Cc1cnc(CC)nc1)Cc1ccccc1F. The summed E-state index contributed by atoms with van der Waals surface area (Å²) < 4.78 is 13.8. The van der Waals surface area contributed by atoms with Gasteiger partial charge in [-0.25, -0.2) is 14.4 Å². The van der Waals surface area contributed by atoms with Crippen molar-refractivity contribution in [1.29, 1.82) is 0 Å². The molecule has 0 atom stereocenters.